The van der Waals surface area contributed by atoms with E-state index in [2.05, 4.69) is 47.6 Å². The van der Waals surface area contributed by atoms with E-state index in [-0.39, 0.29) is 17.0 Å². The van der Waals surface area contributed by atoms with Gasteiger partial charge in [0.2, 0.25) is 0 Å². The Labute approximate surface area is 209 Å². The lowest BCUT2D eigenvalue weighted by molar-refractivity contribution is -0.112. The molecule has 0 unspecified atom stereocenters. The highest BCUT2D eigenvalue weighted by atomic mass is 16.5. The molecule has 12 heteroatoms. The number of aromatic nitrogens is 5. The van der Waals surface area contributed by atoms with Crippen molar-refractivity contribution in [3.63, 3.8) is 0 Å². The van der Waals surface area contributed by atoms with Crippen LogP contribution in [0.25, 0.3) is 11.4 Å². The third-order valence-electron chi connectivity index (χ3n) is 6.44. The van der Waals surface area contributed by atoms with Crippen LogP contribution in [0.3, 0.4) is 0 Å². The minimum absolute atomic E-state index is 0.194. The van der Waals surface area contributed by atoms with Crippen molar-refractivity contribution in [3.8, 4) is 17.1 Å². The molecule has 3 aromatic rings. The lowest BCUT2D eigenvalue weighted by Gasteiger charge is -2.40. The number of aryl methyl sites for hydroxylation is 1. The number of para-hydroxylation sites is 1. The average molecular weight is 494 g/mol. The molecule has 0 saturated carbocycles. The maximum Gasteiger partial charge on any atom is 0.273 e. The summed E-state index contributed by atoms with van der Waals surface area (Å²) in [7, 11) is 4.97. The summed E-state index contributed by atoms with van der Waals surface area (Å²) in [6, 6.07) is 7.51. The van der Waals surface area contributed by atoms with Gasteiger partial charge in [-0.2, -0.15) is 5.10 Å². The minimum Gasteiger partial charge on any atom is -0.494 e. The number of carbonyl (C=O) groups is 1. The van der Waals surface area contributed by atoms with Crippen LogP contribution in [0.2, 0.25) is 0 Å². The molecule has 2 aromatic heterocycles. The van der Waals surface area contributed by atoms with Gasteiger partial charge in [0.05, 0.1) is 43.9 Å². The Morgan fingerprint density at radius 1 is 1.22 bits per heavy atom. The maximum absolute atomic E-state index is 12.6. The van der Waals surface area contributed by atoms with Crippen LogP contribution in [0.1, 0.15) is 17.4 Å². The first-order chi connectivity index (χ1) is 17.4. The molecule has 0 atom stereocenters. The van der Waals surface area contributed by atoms with Crippen LogP contribution < -0.4 is 20.3 Å². The fraction of sp³-hybridized carbons (Fsp3) is 0.458. The molecule has 0 bridgehead atoms. The predicted octanol–water partition coefficient (Wildman–Crippen LogP) is 1.50. The Morgan fingerprint density at radius 2 is 2.06 bits per heavy atom. The van der Waals surface area contributed by atoms with Crippen LogP contribution in [0, 0.1) is 5.41 Å². The standard InChI is InChI=1S/C24H31N9O3/c1-24(12-36-13-24)11-32-8-9-33(15-32)19-10-18(20(29-28-19)23(34)25-2)27-17-7-5-6-16(21(17)35-4)22-26-14-31(3)30-22/h5-7,10,14H,8-9,11-13,15H2,1-4H3,(H,25,34)(H,27,28). The van der Waals surface area contributed by atoms with E-state index in [1.165, 1.54) is 0 Å². The number of ether oxygens (including phenoxy) is 2. The highest BCUT2D eigenvalue weighted by molar-refractivity contribution is 5.98. The first kappa shape index (κ1) is 23.9. The number of benzene rings is 1. The van der Waals surface area contributed by atoms with Crippen LogP contribution in [0.15, 0.2) is 30.6 Å². The second-order valence-corrected chi connectivity index (χ2v) is 9.56. The molecule has 12 nitrogen and oxygen atoms in total. The largest absolute Gasteiger partial charge is 0.494 e. The van der Waals surface area contributed by atoms with Crippen molar-refractivity contribution < 1.29 is 14.3 Å². The first-order valence-electron chi connectivity index (χ1n) is 11.8. The van der Waals surface area contributed by atoms with Crippen molar-refractivity contribution in [1.82, 2.24) is 35.2 Å². The molecule has 0 aliphatic carbocycles. The van der Waals surface area contributed by atoms with Crippen molar-refractivity contribution in [1.29, 1.82) is 0 Å². The average Bonchev–Trinajstić information content (AvgIpc) is 3.51. The molecular formula is C24H31N9O3. The van der Waals surface area contributed by atoms with E-state index in [9.17, 15) is 4.79 Å². The van der Waals surface area contributed by atoms with Gasteiger partial charge in [0.25, 0.3) is 5.91 Å². The van der Waals surface area contributed by atoms with Gasteiger partial charge in [0.1, 0.15) is 6.33 Å². The van der Waals surface area contributed by atoms with Crippen LogP contribution in [-0.4, -0.2) is 89.4 Å². The summed E-state index contributed by atoms with van der Waals surface area (Å²) >= 11 is 0. The Morgan fingerprint density at radius 3 is 2.72 bits per heavy atom. The third kappa shape index (κ3) is 4.69. The molecule has 2 aliphatic rings. The van der Waals surface area contributed by atoms with E-state index in [0.29, 0.717) is 28.8 Å². The molecule has 4 heterocycles. The van der Waals surface area contributed by atoms with Crippen LogP contribution in [-0.2, 0) is 11.8 Å². The number of anilines is 3. The third-order valence-corrected chi connectivity index (χ3v) is 6.44. The van der Waals surface area contributed by atoms with Crippen molar-refractivity contribution in [2.24, 2.45) is 12.5 Å². The lowest BCUT2D eigenvalue weighted by atomic mass is 9.88. The molecule has 2 N–H and O–H groups in total. The molecule has 2 fully saturated rings. The second kappa shape index (κ2) is 9.70. The first-order valence-corrected chi connectivity index (χ1v) is 11.8. The summed E-state index contributed by atoms with van der Waals surface area (Å²) in [6.45, 7) is 7.33. The molecule has 36 heavy (non-hydrogen) atoms. The fourth-order valence-electron chi connectivity index (χ4n) is 4.60. The van der Waals surface area contributed by atoms with Gasteiger partial charge in [-0.15, -0.1) is 10.2 Å². The highest BCUT2D eigenvalue weighted by Crippen LogP contribution is 2.37. The fourth-order valence-corrected chi connectivity index (χ4v) is 4.60. The van der Waals surface area contributed by atoms with Gasteiger partial charge in [-0.1, -0.05) is 13.0 Å². The SMILES string of the molecule is CNC(=O)c1nnc(N2CCN(CC3(C)COC3)C2)cc1Nc1cccc(-c2ncn(C)n2)c1OC. The summed E-state index contributed by atoms with van der Waals surface area (Å²) < 4.78 is 12.8. The predicted molar refractivity (Wildman–Crippen MR) is 134 cm³/mol. The van der Waals surface area contributed by atoms with Gasteiger partial charge in [-0.25, -0.2) is 4.98 Å². The number of carbonyl (C=O) groups excluding carboxylic acids is 1. The van der Waals surface area contributed by atoms with Crippen LogP contribution in [0.4, 0.5) is 17.2 Å². The summed E-state index contributed by atoms with van der Waals surface area (Å²) in [5.74, 6) is 1.47. The number of nitrogens with zero attached hydrogens (tertiary/aromatic N) is 7. The molecule has 5 rings (SSSR count). The van der Waals surface area contributed by atoms with Crippen molar-refractivity contribution >= 4 is 23.1 Å². The molecule has 2 saturated heterocycles. The second-order valence-electron chi connectivity index (χ2n) is 9.56. The number of hydrogen-bond acceptors (Lipinski definition) is 10. The smallest absolute Gasteiger partial charge is 0.273 e. The van der Waals surface area contributed by atoms with Gasteiger partial charge in [-0.3, -0.25) is 14.4 Å². The molecule has 1 aromatic carbocycles. The maximum atomic E-state index is 12.6. The summed E-state index contributed by atoms with van der Waals surface area (Å²) in [4.78, 5) is 21.5. The Bertz CT molecular complexity index is 1260. The van der Waals surface area contributed by atoms with Crippen molar-refractivity contribution in [2.45, 2.75) is 6.92 Å². The quantitative estimate of drug-likeness (QED) is 0.477. The van der Waals surface area contributed by atoms with E-state index in [4.69, 9.17) is 9.47 Å². The molecule has 1 amide bonds. The van der Waals surface area contributed by atoms with Crippen LogP contribution in [0.5, 0.6) is 5.75 Å². The van der Waals surface area contributed by atoms with E-state index < -0.39 is 0 Å². The number of nitrogens with one attached hydrogen (secondary N) is 2. The van der Waals surface area contributed by atoms with Crippen molar-refractivity contribution in [2.75, 3.05) is 63.9 Å². The van der Waals surface area contributed by atoms with E-state index in [1.807, 2.05) is 31.3 Å². The monoisotopic (exact) mass is 493 g/mol. The van der Waals surface area contributed by atoms with E-state index >= 15 is 0 Å². The topological polar surface area (TPSA) is 123 Å². The van der Waals surface area contributed by atoms with Gasteiger partial charge in [0, 0.05) is 45.2 Å². The minimum atomic E-state index is -0.334. The Kier molecular flexibility index (Phi) is 6.46. The number of amides is 1. The van der Waals surface area contributed by atoms with Gasteiger partial charge in [0.15, 0.2) is 23.1 Å². The number of methoxy groups -OCH3 is 1. The summed E-state index contributed by atoms with van der Waals surface area (Å²) in [5, 5.41) is 19.0. The zero-order chi connectivity index (χ0) is 25.3. The molecule has 0 radical (unpaired) electrons. The zero-order valence-electron chi connectivity index (χ0n) is 21.0. The zero-order valence-corrected chi connectivity index (χ0v) is 21.0. The van der Waals surface area contributed by atoms with Gasteiger partial charge in [-0.05, 0) is 12.1 Å². The number of rotatable bonds is 8. The Balaban J connectivity index is 1.43. The number of hydrogen-bond donors (Lipinski definition) is 2. The molecular weight excluding hydrogens is 462 g/mol. The van der Waals surface area contributed by atoms with E-state index in [0.717, 1.165) is 45.1 Å². The normalized spacial score (nSPS) is 17.1. The van der Waals surface area contributed by atoms with Gasteiger partial charge < -0.3 is 25.0 Å². The van der Waals surface area contributed by atoms with Gasteiger partial charge >= 0.3 is 0 Å². The lowest BCUT2D eigenvalue weighted by Crippen LogP contribution is -2.48. The van der Waals surface area contributed by atoms with Crippen LogP contribution >= 0.6 is 0 Å². The Hall–Kier alpha value is -3.77. The van der Waals surface area contributed by atoms with E-state index in [1.54, 1.807) is 25.2 Å². The van der Waals surface area contributed by atoms with Crippen molar-refractivity contribution in [3.05, 3.63) is 36.3 Å². The molecule has 0 spiro atoms. The molecule has 190 valence electrons. The summed E-state index contributed by atoms with van der Waals surface area (Å²) in [5.41, 5.74) is 2.33. The summed E-state index contributed by atoms with van der Waals surface area (Å²) in [6.07, 6.45) is 1.63. The molecule has 2 aliphatic heterocycles. The highest BCUT2D eigenvalue weighted by Gasteiger charge is 2.37.